The predicted octanol–water partition coefficient (Wildman–Crippen LogP) is 2.60. The fraction of sp³-hybridized carbons (Fsp3) is 0.125. The topological polar surface area (TPSA) is 37.3 Å². The maximum Gasteiger partial charge on any atom is 0.300 e. The lowest BCUT2D eigenvalue weighted by molar-refractivity contribution is 0.0678. The third-order valence-electron chi connectivity index (χ3n) is 1.43. The van der Waals surface area contributed by atoms with E-state index in [-0.39, 0.29) is 15.8 Å². The van der Waals surface area contributed by atoms with Gasteiger partial charge in [-0.3, -0.25) is 4.79 Å². The molecular formula is C8H5BrF2O2. The third-order valence-corrected chi connectivity index (χ3v) is 2.07. The van der Waals surface area contributed by atoms with Crippen molar-refractivity contribution in [3.8, 4) is 5.75 Å². The van der Waals surface area contributed by atoms with Crippen LogP contribution in [0.15, 0.2) is 22.7 Å². The molecule has 5 heteroatoms. The summed E-state index contributed by atoms with van der Waals surface area (Å²) in [5.74, 6) is -1.34. The summed E-state index contributed by atoms with van der Waals surface area (Å²) in [6.07, 6.45) is -3.02. The molecule has 0 saturated heterocycles. The number of alkyl halides is 2. The standard InChI is InChI=1S/C8H5BrF2O2/c9-5-3-4(1-2-6(5)12)7(13)8(10)11/h1-3,8,12H. The summed E-state index contributed by atoms with van der Waals surface area (Å²) in [4.78, 5) is 10.8. The number of aromatic hydroxyl groups is 1. The van der Waals surface area contributed by atoms with E-state index in [4.69, 9.17) is 5.11 Å². The number of rotatable bonds is 2. The number of hydrogen-bond acceptors (Lipinski definition) is 2. The van der Waals surface area contributed by atoms with E-state index in [2.05, 4.69) is 15.9 Å². The first-order chi connectivity index (χ1) is 6.02. The lowest BCUT2D eigenvalue weighted by Crippen LogP contribution is -2.09. The molecule has 0 aromatic heterocycles. The molecule has 2 nitrogen and oxygen atoms in total. The lowest BCUT2D eigenvalue weighted by atomic mass is 10.1. The molecule has 0 fully saturated rings. The van der Waals surface area contributed by atoms with Crippen LogP contribution in [0, 0.1) is 0 Å². The van der Waals surface area contributed by atoms with Gasteiger partial charge in [0.05, 0.1) is 4.47 Å². The maximum atomic E-state index is 11.9. The number of phenols is 1. The zero-order valence-electron chi connectivity index (χ0n) is 6.30. The summed E-state index contributed by atoms with van der Waals surface area (Å²) in [5, 5.41) is 9.02. The second-order valence-electron chi connectivity index (χ2n) is 2.33. The van der Waals surface area contributed by atoms with Crippen molar-refractivity contribution in [1.29, 1.82) is 0 Å². The number of carbonyl (C=O) groups excluding carboxylic acids is 1. The molecule has 70 valence electrons. The van der Waals surface area contributed by atoms with Gasteiger partial charge in [-0.2, -0.15) is 0 Å². The Kier molecular flexibility index (Phi) is 2.98. The van der Waals surface area contributed by atoms with E-state index in [9.17, 15) is 13.6 Å². The quantitative estimate of drug-likeness (QED) is 0.820. The van der Waals surface area contributed by atoms with Gasteiger partial charge in [-0.25, -0.2) is 8.78 Å². The Morgan fingerprint density at radius 3 is 2.54 bits per heavy atom. The fourth-order valence-electron chi connectivity index (χ4n) is 0.786. The number of halogens is 3. The summed E-state index contributed by atoms with van der Waals surface area (Å²) in [6, 6.07) is 3.48. The van der Waals surface area contributed by atoms with Crippen LogP contribution in [0.3, 0.4) is 0 Å². The zero-order chi connectivity index (χ0) is 10.0. The van der Waals surface area contributed by atoms with Crippen LogP contribution < -0.4 is 0 Å². The van der Waals surface area contributed by atoms with E-state index < -0.39 is 12.2 Å². The van der Waals surface area contributed by atoms with Crippen molar-refractivity contribution in [2.45, 2.75) is 6.43 Å². The molecule has 0 amide bonds. The summed E-state index contributed by atoms with van der Waals surface area (Å²) in [5.41, 5.74) is -0.125. The van der Waals surface area contributed by atoms with Crippen LogP contribution in [0.25, 0.3) is 0 Å². The minimum absolute atomic E-state index is 0.0918. The highest BCUT2D eigenvalue weighted by Gasteiger charge is 2.18. The lowest BCUT2D eigenvalue weighted by Gasteiger charge is -2.01. The predicted molar refractivity (Wildman–Crippen MR) is 46.1 cm³/mol. The Morgan fingerprint density at radius 1 is 1.46 bits per heavy atom. The highest BCUT2D eigenvalue weighted by Crippen LogP contribution is 2.25. The highest BCUT2D eigenvalue weighted by molar-refractivity contribution is 9.10. The van der Waals surface area contributed by atoms with Crippen molar-refractivity contribution in [3.05, 3.63) is 28.2 Å². The Labute approximate surface area is 81.3 Å². The number of phenolic OH excluding ortho intramolecular Hbond substituents is 1. The Hall–Kier alpha value is -0.970. The molecule has 0 aliphatic heterocycles. The van der Waals surface area contributed by atoms with E-state index in [1.165, 1.54) is 6.07 Å². The van der Waals surface area contributed by atoms with E-state index in [1.54, 1.807) is 0 Å². The minimum atomic E-state index is -3.02. The average molecular weight is 251 g/mol. The Bertz CT molecular complexity index is 339. The van der Waals surface area contributed by atoms with E-state index in [0.717, 1.165) is 12.1 Å². The van der Waals surface area contributed by atoms with Gasteiger partial charge in [0.25, 0.3) is 0 Å². The van der Waals surface area contributed by atoms with E-state index >= 15 is 0 Å². The highest BCUT2D eigenvalue weighted by atomic mass is 79.9. The van der Waals surface area contributed by atoms with E-state index in [0.29, 0.717) is 0 Å². The average Bonchev–Trinajstić information content (AvgIpc) is 2.08. The van der Waals surface area contributed by atoms with Crippen LogP contribution in [0.2, 0.25) is 0 Å². The second kappa shape index (κ2) is 3.83. The Balaban J connectivity index is 3.04. The first-order valence-corrected chi connectivity index (χ1v) is 4.12. The van der Waals surface area contributed by atoms with Crippen LogP contribution in [-0.4, -0.2) is 17.3 Å². The molecule has 0 heterocycles. The van der Waals surface area contributed by atoms with Crippen LogP contribution >= 0.6 is 15.9 Å². The maximum absolute atomic E-state index is 11.9. The summed E-state index contributed by atoms with van der Waals surface area (Å²) < 4.78 is 24.1. The Morgan fingerprint density at radius 2 is 2.08 bits per heavy atom. The van der Waals surface area contributed by atoms with Gasteiger partial charge in [0.15, 0.2) is 0 Å². The van der Waals surface area contributed by atoms with Crippen LogP contribution in [0.5, 0.6) is 5.75 Å². The molecule has 0 aliphatic rings. The van der Waals surface area contributed by atoms with E-state index in [1.807, 2.05) is 0 Å². The SMILES string of the molecule is O=C(c1ccc(O)c(Br)c1)C(F)F. The molecule has 1 rings (SSSR count). The van der Waals surface area contributed by atoms with Gasteiger partial charge < -0.3 is 5.11 Å². The van der Waals surface area contributed by atoms with Crippen molar-refractivity contribution in [2.75, 3.05) is 0 Å². The van der Waals surface area contributed by atoms with Crippen molar-refractivity contribution >= 4 is 21.7 Å². The molecule has 13 heavy (non-hydrogen) atoms. The monoisotopic (exact) mass is 250 g/mol. The van der Waals surface area contributed by atoms with Crippen molar-refractivity contribution in [1.82, 2.24) is 0 Å². The molecule has 0 unspecified atom stereocenters. The van der Waals surface area contributed by atoms with Gasteiger partial charge in [-0.15, -0.1) is 0 Å². The second-order valence-corrected chi connectivity index (χ2v) is 3.19. The summed E-state index contributed by atoms with van der Waals surface area (Å²) >= 11 is 2.92. The number of benzene rings is 1. The van der Waals surface area contributed by atoms with Crippen LogP contribution in [0.1, 0.15) is 10.4 Å². The fourth-order valence-corrected chi connectivity index (χ4v) is 1.16. The number of Topliss-reactive ketones (excluding diaryl/α,β-unsaturated/α-hetero) is 1. The largest absolute Gasteiger partial charge is 0.507 e. The zero-order valence-corrected chi connectivity index (χ0v) is 7.88. The first-order valence-electron chi connectivity index (χ1n) is 3.33. The molecule has 1 aromatic rings. The number of ketones is 1. The molecule has 0 atom stereocenters. The molecular weight excluding hydrogens is 246 g/mol. The normalized spacial score (nSPS) is 10.5. The van der Waals surface area contributed by atoms with Crippen molar-refractivity contribution < 1.29 is 18.7 Å². The molecule has 0 radical (unpaired) electrons. The molecule has 1 aromatic carbocycles. The first kappa shape index (κ1) is 10.1. The number of carbonyl (C=O) groups is 1. The van der Waals surface area contributed by atoms with Gasteiger partial charge in [-0.1, -0.05) is 0 Å². The smallest absolute Gasteiger partial charge is 0.300 e. The van der Waals surface area contributed by atoms with Gasteiger partial charge in [0, 0.05) is 5.56 Å². The molecule has 0 spiro atoms. The van der Waals surface area contributed by atoms with Crippen LogP contribution in [0.4, 0.5) is 8.78 Å². The van der Waals surface area contributed by atoms with Crippen molar-refractivity contribution in [2.24, 2.45) is 0 Å². The molecule has 0 aliphatic carbocycles. The van der Waals surface area contributed by atoms with Gasteiger partial charge in [0.2, 0.25) is 5.78 Å². The van der Waals surface area contributed by atoms with Crippen LogP contribution in [-0.2, 0) is 0 Å². The third kappa shape index (κ3) is 2.24. The van der Waals surface area contributed by atoms with Crippen molar-refractivity contribution in [3.63, 3.8) is 0 Å². The molecule has 0 saturated carbocycles. The molecule has 1 N–H and O–H groups in total. The molecule has 0 bridgehead atoms. The van der Waals surface area contributed by atoms with Gasteiger partial charge in [0.1, 0.15) is 5.75 Å². The van der Waals surface area contributed by atoms with Gasteiger partial charge in [-0.05, 0) is 34.1 Å². The summed E-state index contributed by atoms with van der Waals surface area (Å²) in [6.45, 7) is 0. The number of hydrogen-bond donors (Lipinski definition) is 1. The summed E-state index contributed by atoms with van der Waals surface area (Å²) in [7, 11) is 0. The minimum Gasteiger partial charge on any atom is -0.507 e. The van der Waals surface area contributed by atoms with Gasteiger partial charge >= 0.3 is 6.43 Å².